The van der Waals surface area contributed by atoms with E-state index in [9.17, 15) is 9.18 Å². The first-order valence-electron chi connectivity index (χ1n) is 9.93. The number of nitrogens with one attached hydrogen (secondary N) is 1. The largest absolute Gasteiger partial charge is 0.483 e. The van der Waals surface area contributed by atoms with Crippen molar-refractivity contribution in [1.82, 2.24) is 14.8 Å². The summed E-state index contributed by atoms with van der Waals surface area (Å²) in [4.78, 5) is 12.3. The number of carbonyl (C=O) groups excluding carboxylic acids is 1. The molecular weight excluding hydrogens is 451 g/mol. The Kier molecular flexibility index (Phi) is 7.93. The van der Waals surface area contributed by atoms with Crippen molar-refractivity contribution in [2.75, 3.05) is 11.1 Å². The van der Waals surface area contributed by atoms with Gasteiger partial charge >= 0.3 is 0 Å². The van der Waals surface area contributed by atoms with E-state index in [1.807, 2.05) is 37.5 Å². The molecule has 1 heterocycles. The summed E-state index contributed by atoms with van der Waals surface area (Å²) in [6, 6.07) is 10.0. The number of nitrogens with zero attached hydrogens (tertiary/aromatic N) is 3. The molecule has 9 heteroatoms. The number of amides is 1. The average molecular weight is 475 g/mol. The van der Waals surface area contributed by atoms with Crippen molar-refractivity contribution in [2.24, 2.45) is 0 Å². The summed E-state index contributed by atoms with van der Waals surface area (Å²) in [7, 11) is 0. The van der Waals surface area contributed by atoms with Crippen molar-refractivity contribution in [1.29, 1.82) is 0 Å². The summed E-state index contributed by atoms with van der Waals surface area (Å²) >= 11 is 7.00. The maximum Gasteiger partial charge on any atom is 0.234 e. The first kappa shape index (κ1) is 23.8. The Labute approximate surface area is 195 Å². The highest BCUT2D eigenvalue weighted by atomic mass is 35.5. The van der Waals surface area contributed by atoms with Gasteiger partial charge in [0.2, 0.25) is 5.91 Å². The molecule has 1 amide bonds. The van der Waals surface area contributed by atoms with Crippen LogP contribution in [0.2, 0.25) is 5.02 Å². The molecule has 0 radical (unpaired) electrons. The molecule has 0 aliphatic rings. The normalized spacial score (nSPS) is 11.8. The van der Waals surface area contributed by atoms with Gasteiger partial charge in [-0.05, 0) is 62.2 Å². The van der Waals surface area contributed by atoms with E-state index in [1.165, 1.54) is 30.0 Å². The number of carbonyl (C=O) groups is 1. The van der Waals surface area contributed by atoms with Crippen LogP contribution in [0, 0.1) is 19.7 Å². The van der Waals surface area contributed by atoms with E-state index >= 15 is 0 Å². The molecule has 168 valence electrons. The van der Waals surface area contributed by atoms with Crippen LogP contribution in [0.15, 0.2) is 54.2 Å². The number of hydrogen-bond acceptors (Lipinski definition) is 5. The lowest BCUT2D eigenvalue weighted by Gasteiger charge is -2.16. The number of benzene rings is 2. The molecule has 3 rings (SSSR count). The quantitative estimate of drug-likeness (QED) is 0.316. The third-order valence-corrected chi connectivity index (χ3v) is 5.72. The molecule has 3 aromatic rings. The van der Waals surface area contributed by atoms with Crippen molar-refractivity contribution >= 4 is 35.0 Å². The van der Waals surface area contributed by atoms with Crippen LogP contribution in [-0.4, -0.2) is 26.4 Å². The van der Waals surface area contributed by atoms with Crippen LogP contribution in [0.4, 0.5) is 10.1 Å². The number of aromatic nitrogens is 3. The van der Waals surface area contributed by atoms with E-state index < -0.39 is 5.82 Å². The predicted octanol–water partition coefficient (Wildman–Crippen LogP) is 5.74. The lowest BCUT2D eigenvalue weighted by atomic mass is 10.1. The lowest BCUT2D eigenvalue weighted by Crippen LogP contribution is -2.15. The van der Waals surface area contributed by atoms with E-state index in [0.29, 0.717) is 23.2 Å². The number of aryl methyl sites for hydroxylation is 2. The topological polar surface area (TPSA) is 69.0 Å². The Morgan fingerprint density at radius 3 is 2.66 bits per heavy atom. The molecule has 1 atom stereocenters. The Morgan fingerprint density at radius 1 is 1.28 bits per heavy atom. The second kappa shape index (κ2) is 10.7. The minimum atomic E-state index is -0.541. The highest BCUT2D eigenvalue weighted by molar-refractivity contribution is 7.99. The summed E-state index contributed by atoms with van der Waals surface area (Å²) in [5, 5.41) is 11.7. The Hall–Kier alpha value is -2.84. The van der Waals surface area contributed by atoms with Gasteiger partial charge in [0, 0.05) is 12.2 Å². The first-order valence-corrected chi connectivity index (χ1v) is 11.3. The van der Waals surface area contributed by atoms with Crippen molar-refractivity contribution in [3.05, 3.63) is 76.8 Å². The van der Waals surface area contributed by atoms with Gasteiger partial charge in [-0.15, -0.1) is 16.8 Å². The van der Waals surface area contributed by atoms with Crippen LogP contribution < -0.4 is 10.1 Å². The standard InChI is InChI=1S/C23H24ClFN4O2S/c1-5-8-29-22(16(4)31-18-10-14(2)9-15(3)11-18)27-28-23(29)32-13-21(30)26-17-6-7-20(25)19(24)12-17/h5-7,9-12,16H,1,8,13H2,2-4H3,(H,26,30). The number of hydrogen-bond donors (Lipinski definition) is 1. The van der Waals surface area contributed by atoms with E-state index in [2.05, 4.69) is 28.2 Å². The van der Waals surface area contributed by atoms with Crippen LogP contribution >= 0.6 is 23.4 Å². The van der Waals surface area contributed by atoms with Gasteiger partial charge in [-0.2, -0.15) is 0 Å². The third-order valence-electron chi connectivity index (χ3n) is 4.46. The highest BCUT2D eigenvalue weighted by Crippen LogP contribution is 2.26. The number of ether oxygens (including phenoxy) is 1. The summed E-state index contributed by atoms with van der Waals surface area (Å²) in [6.45, 7) is 10.2. The van der Waals surface area contributed by atoms with Gasteiger partial charge in [0.15, 0.2) is 17.1 Å². The molecule has 32 heavy (non-hydrogen) atoms. The van der Waals surface area contributed by atoms with E-state index in [-0.39, 0.29) is 22.8 Å². The fourth-order valence-corrected chi connectivity index (χ4v) is 4.10. The number of halogens is 2. The minimum Gasteiger partial charge on any atom is -0.483 e. The van der Waals surface area contributed by atoms with Crippen LogP contribution in [0.1, 0.15) is 30.0 Å². The zero-order valence-corrected chi connectivity index (χ0v) is 19.6. The predicted molar refractivity (Wildman–Crippen MR) is 126 cm³/mol. The molecule has 0 fully saturated rings. The van der Waals surface area contributed by atoms with Crippen molar-refractivity contribution in [3.8, 4) is 5.75 Å². The summed E-state index contributed by atoms with van der Waals surface area (Å²) < 4.78 is 21.2. The number of anilines is 1. The maximum atomic E-state index is 13.3. The van der Waals surface area contributed by atoms with Gasteiger partial charge in [0.25, 0.3) is 0 Å². The maximum absolute atomic E-state index is 13.3. The van der Waals surface area contributed by atoms with E-state index in [0.717, 1.165) is 16.9 Å². The van der Waals surface area contributed by atoms with Crippen LogP contribution in [0.3, 0.4) is 0 Å². The molecule has 0 bridgehead atoms. The van der Waals surface area contributed by atoms with Crippen molar-refractivity contribution in [3.63, 3.8) is 0 Å². The Balaban J connectivity index is 1.68. The third kappa shape index (κ3) is 6.11. The molecular formula is C23H24ClFN4O2S. The number of thioether (sulfide) groups is 1. The van der Waals surface area contributed by atoms with E-state index in [4.69, 9.17) is 16.3 Å². The first-order chi connectivity index (χ1) is 15.3. The van der Waals surface area contributed by atoms with Crippen molar-refractivity contribution < 1.29 is 13.9 Å². The molecule has 0 spiro atoms. The van der Waals surface area contributed by atoms with Gasteiger partial charge in [-0.25, -0.2) is 4.39 Å². The van der Waals surface area contributed by atoms with Crippen LogP contribution in [-0.2, 0) is 11.3 Å². The fourth-order valence-electron chi connectivity index (χ4n) is 3.17. The zero-order valence-electron chi connectivity index (χ0n) is 18.1. The van der Waals surface area contributed by atoms with Crippen molar-refractivity contribution in [2.45, 2.75) is 38.6 Å². The summed E-state index contributed by atoms with van der Waals surface area (Å²) in [6.07, 6.45) is 1.38. The molecule has 2 aromatic carbocycles. The lowest BCUT2D eigenvalue weighted by molar-refractivity contribution is -0.113. The molecule has 1 aromatic heterocycles. The fraction of sp³-hybridized carbons (Fsp3) is 0.261. The highest BCUT2D eigenvalue weighted by Gasteiger charge is 2.20. The molecule has 1 N–H and O–H groups in total. The molecule has 0 aliphatic carbocycles. The molecule has 1 unspecified atom stereocenters. The van der Waals surface area contributed by atoms with Crippen LogP contribution in [0.5, 0.6) is 5.75 Å². The SMILES string of the molecule is C=CCn1c(SCC(=O)Nc2ccc(F)c(Cl)c2)nnc1C(C)Oc1cc(C)cc(C)c1. The van der Waals surface area contributed by atoms with Gasteiger partial charge in [0.05, 0.1) is 10.8 Å². The Morgan fingerprint density at radius 2 is 2.00 bits per heavy atom. The Bertz CT molecular complexity index is 1110. The van der Waals surface area contributed by atoms with Gasteiger partial charge in [-0.1, -0.05) is 35.5 Å². The monoisotopic (exact) mass is 474 g/mol. The van der Waals surface area contributed by atoms with Gasteiger partial charge in [0.1, 0.15) is 11.6 Å². The second-order valence-electron chi connectivity index (χ2n) is 7.29. The second-order valence-corrected chi connectivity index (χ2v) is 8.64. The molecule has 0 saturated carbocycles. The van der Waals surface area contributed by atoms with E-state index in [1.54, 1.807) is 6.08 Å². The molecule has 0 saturated heterocycles. The van der Waals surface area contributed by atoms with Crippen LogP contribution in [0.25, 0.3) is 0 Å². The van der Waals surface area contributed by atoms with Gasteiger partial charge < -0.3 is 10.1 Å². The zero-order chi connectivity index (χ0) is 23.3. The molecule has 0 aliphatic heterocycles. The smallest absolute Gasteiger partial charge is 0.234 e. The number of rotatable bonds is 9. The molecule has 6 nitrogen and oxygen atoms in total. The summed E-state index contributed by atoms with van der Waals surface area (Å²) in [5.74, 6) is 0.677. The van der Waals surface area contributed by atoms with Gasteiger partial charge in [-0.3, -0.25) is 9.36 Å². The summed E-state index contributed by atoms with van der Waals surface area (Å²) in [5.41, 5.74) is 2.65. The number of allylic oxidation sites excluding steroid dienone is 1. The minimum absolute atomic E-state index is 0.0522. The average Bonchev–Trinajstić information content (AvgIpc) is 3.11.